The predicted molar refractivity (Wildman–Crippen MR) is 136 cm³/mol. The molecule has 1 aliphatic heterocycles. The minimum atomic E-state index is -2.94. The van der Waals surface area contributed by atoms with Crippen molar-refractivity contribution in [2.24, 2.45) is 0 Å². The molecule has 0 aliphatic carbocycles. The van der Waals surface area contributed by atoms with Gasteiger partial charge in [0.2, 0.25) is 0 Å². The molecule has 2 amide bonds. The highest BCUT2D eigenvalue weighted by atomic mass is 19.3. The maximum absolute atomic E-state index is 12.9. The van der Waals surface area contributed by atoms with E-state index in [4.69, 9.17) is 9.47 Å². The maximum Gasteiger partial charge on any atom is 0.387 e. The van der Waals surface area contributed by atoms with Gasteiger partial charge in [0.1, 0.15) is 5.75 Å². The number of anilines is 3. The summed E-state index contributed by atoms with van der Waals surface area (Å²) in [7, 11) is 1.51. The Hall–Kier alpha value is -3.44. The summed E-state index contributed by atoms with van der Waals surface area (Å²) < 4.78 is 39.9. The molecule has 1 saturated heterocycles. The molecule has 0 bridgehead atoms. The SMILES string of the molecule is CCN(c1ccc([C@@H](COC)CC(=O)O)cc1NC(=O)Nc1ccc(OC(F)F)cc1)C1CCOCC1. The molecule has 0 saturated carbocycles. The Morgan fingerprint density at radius 3 is 2.43 bits per heavy atom. The van der Waals surface area contributed by atoms with E-state index < -0.39 is 24.5 Å². The number of carbonyl (C=O) groups excluding carboxylic acids is 1. The Labute approximate surface area is 214 Å². The van der Waals surface area contributed by atoms with Crippen LogP contribution in [0.25, 0.3) is 0 Å². The van der Waals surface area contributed by atoms with E-state index in [9.17, 15) is 23.5 Å². The number of benzene rings is 2. The second kappa shape index (κ2) is 13.8. The number of ether oxygens (including phenoxy) is 3. The first-order valence-corrected chi connectivity index (χ1v) is 12.1. The number of methoxy groups -OCH3 is 1. The zero-order chi connectivity index (χ0) is 26.8. The van der Waals surface area contributed by atoms with Crippen LogP contribution in [-0.2, 0) is 14.3 Å². The second-order valence-corrected chi connectivity index (χ2v) is 8.64. The number of halogens is 2. The molecule has 1 atom stereocenters. The first-order chi connectivity index (χ1) is 17.8. The Morgan fingerprint density at radius 2 is 1.84 bits per heavy atom. The Balaban J connectivity index is 1.87. The van der Waals surface area contributed by atoms with Crippen LogP contribution in [0, 0.1) is 0 Å². The molecule has 1 heterocycles. The van der Waals surface area contributed by atoms with Gasteiger partial charge in [-0.15, -0.1) is 0 Å². The van der Waals surface area contributed by atoms with E-state index in [0.717, 1.165) is 24.1 Å². The zero-order valence-electron chi connectivity index (χ0n) is 20.9. The van der Waals surface area contributed by atoms with Crippen molar-refractivity contribution < 1.29 is 37.7 Å². The number of nitrogens with one attached hydrogen (secondary N) is 2. The van der Waals surface area contributed by atoms with Crippen molar-refractivity contribution in [3.8, 4) is 5.75 Å². The van der Waals surface area contributed by atoms with Crippen molar-refractivity contribution in [3.63, 3.8) is 0 Å². The van der Waals surface area contributed by atoms with Crippen LogP contribution in [0.5, 0.6) is 5.75 Å². The number of urea groups is 1. The average molecular weight is 522 g/mol. The highest BCUT2D eigenvalue weighted by molar-refractivity contribution is 6.02. The Bertz CT molecular complexity index is 1030. The standard InChI is InChI=1S/C26H33F2N3O6/c1-3-31(20-10-12-36-13-11-20)23-9-4-17(18(16-35-2)15-24(32)33)14-22(23)30-26(34)29-19-5-7-21(8-6-19)37-25(27)28/h4-9,14,18,20,25H,3,10-13,15-16H2,1-2H3,(H,32,33)(H2,29,30,34)/t18-/m1/s1. The predicted octanol–water partition coefficient (Wildman–Crippen LogP) is 5.14. The van der Waals surface area contributed by atoms with Crippen LogP contribution in [0.4, 0.5) is 30.6 Å². The summed E-state index contributed by atoms with van der Waals surface area (Å²) in [5, 5.41) is 14.9. The van der Waals surface area contributed by atoms with Gasteiger partial charge < -0.3 is 34.9 Å². The number of nitrogens with zero attached hydrogens (tertiary/aromatic N) is 1. The summed E-state index contributed by atoms with van der Waals surface area (Å²) in [6, 6.07) is 10.8. The van der Waals surface area contributed by atoms with E-state index in [2.05, 4.69) is 20.3 Å². The molecule has 2 aromatic carbocycles. The van der Waals surface area contributed by atoms with E-state index in [1.54, 1.807) is 6.07 Å². The summed E-state index contributed by atoms with van der Waals surface area (Å²) in [5.74, 6) is -1.37. The minimum absolute atomic E-state index is 0.0198. The molecule has 37 heavy (non-hydrogen) atoms. The number of alkyl halides is 2. The number of carboxylic acids is 1. The third-order valence-electron chi connectivity index (χ3n) is 6.15. The van der Waals surface area contributed by atoms with Gasteiger partial charge in [0.15, 0.2) is 0 Å². The van der Waals surface area contributed by atoms with Gasteiger partial charge >= 0.3 is 18.6 Å². The van der Waals surface area contributed by atoms with Gasteiger partial charge in [-0.05, 0) is 61.7 Å². The van der Waals surface area contributed by atoms with Gasteiger partial charge in [-0.2, -0.15) is 8.78 Å². The molecule has 0 radical (unpaired) electrons. The smallest absolute Gasteiger partial charge is 0.387 e. The molecule has 11 heteroatoms. The lowest BCUT2D eigenvalue weighted by atomic mass is 9.95. The number of aliphatic carboxylic acids is 1. The topological polar surface area (TPSA) is 109 Å². The van der Waals surface area contributed by atoms with Crippen LogP contribution < -0.4 is 20.3 Å². The van der Waals surface area contributed by atoms with E-state index in [1.807, 2.05) is 19.1 Å². The van der Waals surface area contributed by atoms with Gasteiger partial charge in [0, 0.05) is 44.5 Å². The number of hydrogen-bond donors (Lipinski definition) is 3. The second-order valence-electron chi connectivity index (χ2n) is 8.64. The van der Waals surface area contributed by atoms with Crippen LogP contribution in [0.2, 0.25) is 0 Å². The minimum Gasteiger partial charge on any atom is -0.481 e. The van der Waals surface area contributed by atoms with Gasteiger partial charge in [-0.1, -0.05) is 6.07 Å². The molecule has 2 aromatic rings. The van der Waals surface area contributed by atoms with Gasteiger partial charge in [0.05, 0.1) is 24.4 Å². The summed E-state index contributed by atoms with van der Waals surface area (Å²) in [5.41, 5.74) is 2.43. The lowest BCUT2D eigenvalue weighted by Crippen LogP contribution is -2.40. The lowest BCUT2D eigenvalue weighted by Gasteiger charge is -2.36. The fourth-order valence-corrected chi connectivity index (χ4v) is 4.47. The molecule has 3 rings (SSSR count). The highest BCUT2D eigenvalue weighted by Crippen LogP contribution is 2.34. The van der Waals surface area contributed by atoms with Gasteiger partial charge in [-0.3, -0.25) is 4.79 Å². The van der Waals surface area contributed by atoms with E-state index >= 15 is 0 Å². The van der Waals surface area contributed by atoms with Crippen LogP contribution in [0.3, 0.4) is 0 Å². The maximum atomic E-state index is 12.9. The van der Waals surface area contributed by atoms with Crippen molar-refractivity contribution in [2.75, 3.05) is 49.0 Å². The van der Waals surface area contributed by atoms with Crippen molar-refractivity contribution in [1.29, 1.82) is 0 Å². The third kappa shape index (κ3) is 8.29. The van der Waals surface area contributed by atoms with E-state index in [0.29, 0.717) is 31.1 Å². The molecule has 1 aliphatic rings. The van der Waals surface area contributed by atoms with Crippen LogP contribution in [-0.4, -0.2) is 63.2 Å². The van der Waals surface area contributed by atoms with Crippen LogP contribution in [0.1, 0.15) is 37.7 Å². The summed E-state index contributed by atoms with van der Waals surface area (Å²) in [6.07, 6.45) is 1.57. The number of hydrogen-bond acceptors (Lipinski definition) is 6. The normalized spacial score (nSPS) is 14.7. The number of amides is 2. The molecule has 0 unspecified atom stereocenters. The van der Waals surface area contributed by atoms with Crippen molar-refractivity contribution >= 4 is 29.1 Å². The summed E-state index contributed by atoms with van der Waals surface area (Å²) >= 11 is 0. The molecule has 9 nitrogen and oxygen atoms in total. The fraction of sp³-hybridized carbons (Fsp3) is 0.462. The molecule has 0 spiro atoms. The molecule has 3 N–H and O–H groups in total. The summed E-state index contributed by atoms with van der Waals surface area (Å²) in [4.78, 5) is 26.6. The highest BCUT2D eigenvalue weighted by Gasteiger charge is 2.25. The molecule has 202 valence electrons. The molecule has 1 fully saturated rings. The third-order valence-corrected chi connectivity index (χ3v) is 6.15. The fourth-order valence-electron chi connectivity index (χ4n) is 4.47. The van der Waals surface area contributed by atoms with Crippen molar-refractivity contribution in [1.82, 2.24) is 0 Å². The van der Waals surface area contributed by atoms with E-state index in [-0.39, 0.29) is 24.8 Å². The van der Waals surface area contributed by atoms with E-state index in [1.165, 1.54) is 31.4 Å². The molecule has 0 aromatic heterocycles. The Kier molecular flexibility index (Phi) is 10.5. The number of carboxylic acid groups (broad SMARTS) is 1. The number of carbonyl (C=O) groups is 2. The lowest BCUT2D eigenvalue weighted by molar-refractivity contribution is -0.137. The van der Waals surface area contributed by atoms with Crippen LogP contribution in [0.15, 0.2) is 42.5 Å². The first kappa shape index (κ1) is 28.1. The van der Waals surface area contributed by atoms with Crippen LogP contribution >= 0.6 is 0 Å². The van der Waals surface area contributed by atoms with Crippen molar-refractivity contribution in [3.05, 3.63) is 48.0 Å². The molecular formula is C26H33F2N3O6. The largest absolute Gasteiger partial charge is 0.481 e. The Morgan fingerprint density at radius 1 is 1.14 bits per heavy atom. The first-order valence-electron chi connectivity index (χ1n) is 12.1. The van der Waals surface area contributed by atoms with Gasteiger partial charge in [0.25, 0.3) is 0 Å². The monoisotopic (exact) mass is 521 g/mol. The average Bonchev–Trinajstić information content (AvgIpc) is 2.86. The number of rotatable bonds is 12. The quantitative estimate of drug-likeness (QED) is 0.355. The molecular weight excluding hydrogens is 488 g/mol. The zero-order valence-corrected chi connectivity index (χ0v) is 20.9. The van der Waals surface area contributed by atoms with Crippen molar-refractivity contribution in [2.45, 2.75) is 44.8 Å². The van der Waals surface area contributed by atoms with Gasteiger partial charge in [-0.25, -0.2) is 4.79 Å². The summed E-state index contributed by atoms with van der Waals surface area (Å²) in [6.45, 7) is 1.32.